The monoisotopic (exact) mass is 391 g/mol. The second-order valence-corrected chi connectivity index (χ2v) is 6.83. The van der Waals surface area contributed by atoms with Crippen LogP contribution in [0.2, 0.25) is 0 Å². The van der Waals surface area contributed by atoms with Gasteiger partial charge in [-0.1, -0.05) is 12.1 Å². The first-order valence-corrected chi connectivity index (χ1v) is 9.40. The van der Waals surface area contributed by atoms with Gasteiger partial charge in [0.05, 0.1) is 29.8 Å². The van der Waals surface area contributed by atoms with E-state index in [1.807, 2.05) is 16.8 Å². The third kappa shape index (κ3) is 3.12. The van der Waals surface area contributed by atoms with Crippen molar-refractivity contribution < 1.29 is 8.81 Å². The van der Waals surface area contributed by atoms with Crippen molar-refractivity contribution in [2.75, 3.05) is 5.32 Å². The second-order valence-electron chi connectivity index (χ2n) is 6.83. The summed E-state index contributed by atoms with van der Waals surface area (Å²) in [6.07, 6.45) is 4.16. The second kappa shape index (κ2) is 7.05. The van der Waals surface area contributed by atoms with E-state index in [0.717, 1.165) is 24.4 Å². The van der Waals surface area contributed by atoms with Gasteiger partial charge in [0.25, 0.3) is 5.56 Å². The maximum Gasteiger partial charge on any atom is 0.275 e. The first-order valence-electron chi connectivity index (χ1n) is 9.40. The third-order valence-electron chi connectivity index (χ3n) is 5.01. The number of nitrogens with zero attached hydrogens (tertiary/aromatic N) is 4. The van der Waals surface area contributed by atoms with E-state index in [1.165, 1.54) is 12.1 Å². The minimum absolute atomic E-state index is 0.0900. The van der Waals surface area contributed by atoms with Gasteiger partial charge in [-0.3, -0.25) is 9.48 Å². The molecule has 3 aromatic heterocycles. The first kappa shape index (κ1) is 17.4. The lowest BCUT2D eigenvalue weighted by Gasteiger charge is -2.10. The Morgan fingerprint density at radius 1 is 1.10 bits per heavy atom. The summed E-state index contributed by atoms with van der Waals surface area (Å²) in [5, 5.41) is 3.14. The summed E-state index contributed by atoms with van der Waals surface area (Å²) < 4.78 is 22.4. The molecule has 5 rings (SSSR count). The van der Waals surface area contributed by atoms with Gasteiger partial charge in [0.15, 0.2) is 0 Å². The Kier molecular flexibility index (Phi) is 4.23. The van der Waals surface area contributed by atoms with Crippen LogP contribution < -0.4 is 10.9 Å². The topological polar surface area (TPSA) is 77.9 Å². The smallest absolute Gasteiger partial charge is 0.275 e. The quantitative estimate of drug-likeness (QED) is 0.563. The number of anilines is 1. The Morgan fingerprint density at radius 3 is 2.72 bits per heavy atom. The molecule has 0 saturated carbocycles. The summed E-state index contributed by atoms with van der Waals surface area (Å²) in [7, 11) is 0. The molecule has 0 saturated heterocycles. The number of halogens is 1. The van der Waals surface area contributed by atoms with Crippen molar-refractivity contribution in [1.29, 1.82) is 0 Å². The molecule has 0 unspecified atom stereocenters. The molecule has 0 aliphatic carbocycles. The predicted octanol–water partition coefficient (Wildman–Crippen LogP) is 3.52. The number of furan rings is 1. The van der Waals surface area contributed by atoms with Gasteiger partial charge in [0.1, 0.15) is 11.6 Å². The van der Waals surface area contributed by atoms with E-state index >= 15 is 0 Å². The van der Waals surface area contributed by atoms with Crippen molar-refractivity contribution in [3.63, 3.8) is 0 Å². The first-order chi connectivity index (χ1) is 14.2. The molecule has 7 nitrogen and oxygen atoms in total. The predicted molar refractivity (Wildman–Crippen MR) is 106 cm³/mol. The van der Waals surface area contributed by atoms with E-state index in [-0.39, 0.29) is 11.4 Å². The molecular weight excluding hydrogens is 373 g/mol. The average Bonchev–Trinajstić information content (AvgIpc) is 3.47. The van der Waals surface area contributed by atoms with Gasteiger partial charge in [0, 0.05) is 19.3 Å². The number of nitrogens with one attached hydrogen (secondary N) is 1. The molecule has 0 fully saturated rings. The third-order valence-corrected chi connectivity index (χ3v) is 5.01. The van der Waals surface area contributed by atoms with Crippen molar-refractivity contribution in [2.45, 2.75) is 26.1 Å². The number of fused-ring (bicyclic) bond motifs is 1. The van der Waals surface area contributed by atoms with E-state index < -0.39 is 0 Å². The highest BCUT2D eigenvalue weighted by Crippen LogP contribution is 2.31. The molecule has 0 spiro atoms. The van der Waals surface area contributed by atoms with Crippen LogP contribution in [0.4, 0.5) is 10.3 Å². The van der Waals surface area contributed by atoms with E-state index in [4.69, 9.17) is 4.42 Å². The largest absolute Gasteiger partial charge is 0.467 e. The Bertz CT molecular complexity index is 1210. The normalized spacial score (nSPS) is 12.9. The van der Waals surface area contributed by atoms with Crippen LogP contribution >= 0.6 is 0 Å². The maximum absolute atomic E-state index is 13.4. The minimum Gasteiger partial charge on any atom is -0.467 e. The molecule has 1 aliphatic rings. The van der Waals surface area contributed by atoms with Crippen molar-refractivity contribution in [3.8, 4) is 22.5 Å². The van der Waals surface area contributed by atoms with Crippen LogP contribution in [0.3, 0.4) is 0 Å². The number of rotatable bonds is 5. The van der Waals surface area contributed by atoms with Crippen molar-refractivity contribution in [3.05, 3.63) is 76.9 Å². The van der Waals surface area contributed by atoms with Crippen LogP contribution in [0.5, 0.6) is 0 Å². The molecule has 0 atom stereocenters. The molecule has 1 aliphatic heterocycles. The molecule has 1 aromatic carbocycles. The summed E-state index contributed by atoms with van der Waals surface area (Å²) in [4.78, 5) is 22.0. The van der Waals surface area contributed by atoms with Crippen LogP contribution in [-0.2, 0) is 19.6 Å². The maximum atomic E-state index is 13.4. The lowest BCUT2D eigenvalue weighted by molar-refractivity contribution is 0.517. The summed E-state index contributed by atoms with van der Waals surface area (Å²) in [6.45, 7) is 1.84. The van der Waals surface area contributed by atoms with Crippen LogP contribution in [0.1, 0.15) is 12.2 Å². The van der Waals surface area contributed by atoms with Gasteiger partial charge in [-0.05, 0) is 42.3 Å². The summed E-state index contributed by atoms with van der Waals surface area (Å²) in [6, 6.07) is 11.5. The lowest BCUT2D eigenvalue weighted by atomic mass is 10.0. The van der Waals surface area contributed by atoms with E-state index in [2.05, 4.69) is 15.3 Å². The molecule has 146 valence electrons. The van der Waals surface area contributed by atoms with Crippen molar-refractivity contribution in [2.24, 2.45) is 0 Å². The summed E-state index contributed by atoms with van der Waals surface area (Å²) >= 11 is 0. The highest BCUT2D eigenvalue weighted by atomic mass is 19.1. The van der Waals surface area contributed by atoms with Gasteiger partial charge < -0.3 is 9.73 Å². The zero-order valence-electron chi connectivity index (χ0n) is 15.5. The van der Waals surface area contributed by atoms with Crippen LogP contribution in [0.15, 0.2) is 64.1 Å². The van der Waals surface area contributed by atoms with Gasteiger partial charge in [-0.15, -0.1) is 0 Å². The molecular formula is C21H18FN5O2. The zero-order chi connectivity index (χ0) is 19.8. The molecule has 0 radical (unpaired) electrons. The number of benzene rings is 1. The van der Waals surface area contributed by atoms with Crippen LogP contribution in [0.25, 0.3) is 22.5 Å². The van der Waals surface area contributed by atoms with Gasteiger partial charge in [-0.25, -0.2) is 19.0 Å². The Balaban J connectivity index is 1.59. The van der Waals surface area contributed by atoms with Crippen molar-refractivity contribution in [1.82, 2.24) is 19.3 Å². The fourth-order valence-corrected chi connectivity index (χ4v) is 3.71. The van der Waals surface area contributed by atoms with Crippen LogP contribution in [-0.4, -0.2) is 19.3 Å². The fraction of sp³-hybridized carbons (Fsp3) is 0.190. The molecule has 0 amide bonds. The molecule has 8 heteroatoms. The summed E-state index contributed by atoms with van der Waals surface area (Å²) in [5.74, 6) is 0.871. The lowest BCUT2D eigenvalue weighted by Crippen LogP contribution is -2.17. The molecule has 0 bridgehead atoms. The molecule has 1 N–H and O–H groups in total. The standard InChI is InChI=1S/C21H18FN5O2/c22-15-6-4-14(5-7-15)18-19(26-10-2-11-27(26)20(18)28)17-8-9-23-21(25-17)24-13-16-3-1-12-29-16/h1,3-9,12H,2,10-11,13H2,(H,23,24,25). The number of aromatic nitrogens is 4. The Hall–Kier alpha value is -3.68. The highest BCUT2D eigenvalue weighted by molar-refractivity contribution is 5.79. The van der Waals surface area contributed by atoms with E-state index in [1.54, 1.807) is 35.3 Å². The highest BCUT2D eigenvalue weighted by Gasteiger charge is 2.26. The fourth-order valence-electron chi connectivity index (χ4n) is 3.71. The average molecular weight is 391 g/mol. The SMILES string of the molecule is O=c1c(-c2ccc(F)cc2)c(-c2ccnc(NCc3ccco3)n2)n2n1CCC2. The van der Waals surface area contributed by atoms with Gasteiger partial charge >= 0.3 is 0 Å². The van der Waals surface area contributed by atoms with E-state index in [0.29, 0.717) is 35.9 Å². The number of hydrogen-bond acceptors (Lipinski definition) is 5. The van der Waals surface area contributed by atoms with Crippen molar-refractivity contribution >= 4 is 5.95 Å². The Labute approximate surface area is 165 Å². The Morgan fingerprint density at radius 2 is 1.93 bits per heavy atom. The molecule has 4 aromatic rings. The molecule has 29 heavy (non-hydrogen) atoms. The van der Waals surface area contributed by atoms with Crippen LogP contribution in [0, 0.1) is 5.82 Å². The minimum atomic E-state index is -0.339. The van der Waals surface area contributed by atoms with Gasteiger partial charge in [0.2, 0.25) is 5.95 Å². The summed E-state index contributed by atoms with van der Waals surface area (Å²) in [5.41, 5.74) is 2.47. The number of hydrogen-bond donors (Lipinski definition) is 1. The van der Waals surface area contributed by atoms with E-state index in [9.17, 15) is 9.18 Å². The zero-order valence-corrected chi connectivity index (χ0v) is 15.5. The molecule has 4 heterocycles. The van der Waals surface area contributed by atoms with Gasteiger partial charge in [-0.2, -0.15) is 0 Å².